The van der Waals surface area contributed by atoms with Crippen LogP contribution in [0.2, 0.25) is 0 Å². The highest BCUT2D eigenvalue weighted by atomic mass is 32.1. The summed E-state index contributed by atoms with van der Waals surface area (Å²) in [4.78, 5) is 28.0. The molecule has 0 bridgehead atoms. The van der Waals surface area contributed by atoms with E-state index < -0.39 is 0 Å². The van der Waals surface area contributed by atoms with Crippen LogP contribution in [-0.2, 0) is 9.59 Å². The lowest BCUT2D eigenvalue weighted by atomic mass is 10.1. The molecule has 4 rings (SSSR count). The molecule has 2 N–H and O–H groups in total. The van der Waals surface area contributed by atoms with Crippen molar-refractivity contribution in [2.75, 3.05) is 17.2 Å². The first-order chi connectivity index (χ1) is 13.2. The summed E-state index contributed by atoms with van der Waals surface area (Å²) in [5.41, 5.74) is 3.11. The van der Waals surface area contributed by atoms with Gasteiger partial charge in [0, 0.05) is 17.0 Å². The fourth-order valence-corrected chi connectivity index (χ4v) is 3.31. The second-order valence-electron chi connectivity index (χ2n) is 5.82. The van der Waals surface area contributed by atoms with Gasteiger partial charge in [-0.1, -0.05) is 30.3 Å². The molecule has 1 aromatic heterocycles. The van der Waals surface area contributed by atoms with E-state index in [2.05, 4.69) is 15.6 Å². The molecule has 0 aliphatic carbocycles. The molecule has 2 heterocycles. The van der Waals surface area contributed by atoms with E-state index in [1.807, 2.05) is 47.8 Å². The summed E-state index contributed by atoms with van der Waals surface area (Å²) in [7, 11) is 0. The van der Waals surface area contributed by atoms with E-state index in [9.17, 15) is 9.59 Å². The van der Waals surface area contributed by atoms with E-state index in [4.69, 9.17) is 4.74 Å². The normalized spacial score (nSPS) is 13.0. The van der Waals surface area contributed by atoms with Crippen LogP contribution in [0.3, 0.4) is 0 Å². The summed E-state index contributed by atoms with van der Waals surface area (Å²) in [6.45, 7) is 0.0235. The molecule has 6 nitrogen and oxygen atoms in total. The van der Waals surface area contributed by atoms with Crippen molar-refractivity contribution < 1.29 is 14.3 Å². The number of ether oxygens (including phenoxy) is 1. The van der Waals surface area contributed by atoms with Crippen molar-refractivity contribution in [2.45, 2.75) is 0 Å². The Kier molecular flexibility index (Phi) is 4.67. The van der Waals surface area contributed by atoms with Gasteiger partial charge in [-0.3, -0.25) is 14.9 Å². The zero-order valence-electron chi connectivity index (χ0n) is 14.1. The quantitative estimate of drug-likeness (QED) is 0.678. The molecule has 2 aromatic carbocycles. The molecule has 0 saturated carbocycles. The fourth-order valence-electron chi connectivity index (χ4n) is 2.59. The molecule has 0 fully saturated rings. The average molecular weight is 377 g/mol. The van der Waals surface area contributed by atoms with Gasteiger partial charge in [0.1, 0.15) is 5.75 Å². The van der Waals surface area contributed by atoms with E-state index in [1.165, 1.54) is 17.4 Å². The van der Waals surface area contributed by atoms with Crippen molar-refractivity contribution in [1.82, 2.24) is 4.98 Å². The summed E-state index contributed by atoms with van der Waals surface area (Å²) in [6.07, 6.45) is 3.22. The standard InChI is InChI=1S/C20H15N3O3S/c24-18(9-6-13-4-2-1-3-5-13)23-20-22-16(12-27-20)14-7-8-17-15(10-14)21-19(25)11-26-17/h1-10,12H,11H2,(H,21,25)(H,22,23,24)/b9-6+. The SMILES string of the molecule is O=C(/C=C/c1ccccc1)Nc1nc(-c2ccc3c(c2)NC(=O)CO3)cs1. The Morgan fingerprint density at radius 1 is 1.22 bits per heavy atom. The number of aromatic nitrogens is 1. The molecule has 7 heteroatoms. The van der Waals surface area contributed by atoms with Crippen LogP contribution in [0.5, 0.6) is 5.75 Å². The van der Waals surface area contributed by atoms with Crippen molar-refractivity contribution in [1.29, 1.82) is 0 Å². The molecule has 0 radical (unpaired) electrons. The van der Waals surface area contributed by atoms with E-state index in [0.717, 1.165) is 11.1 Å². The number of nitrogens with one attached hydrogen (secondary N) is 2. The van der Waals surface area contributed by atoms with Gasteiger partial charge in [0.05, 0.1) is 11.4 Å². The van der Waals surface area contributed by atoms with E-state index in [0.29, 0.717) is 22.3 Å². The predicted octanol–water partition coefficient (Wildman–Crippen LogP) is 3.79. The van der Waals surface area contributed by atoms with Crippen molar-refractivity contribution >= 4 is 40.0 Å². The fraction of sp³-hybridized carbons (Fsp3) is 0.0500. The van der Waals surface area contributed by atoms with Crippen LogP contribution in [0.15, 0.2) is 60.0 Å². The molecule has 2 amide bonds. The highest BCUT2D eigenvalue weighted by molar-refractivity contribution is 7.14. The minimum absolute atomic E-state index is 0.0235. The summed E-state index contributed by atoms with van der Waals surface area (Å²) in [5, 5.41) is 7.89. The molecule has 1 aliphatic heterocycles. The first-order valence-electron chi connectivity index (χ1n) is 8.24. The predicted molar refractivity (Wildman–Crippen MR) is 106 cm³/mol. The molecule has 1 aliphatic rings. The number of nitrogens with zero attached hydrogens (tertiary/aromatic N) is 1. The Morgan fingerprint density at radius 2 is 2.07 bits per heavy atom. The number of fused-ring (bicyclic) bond motifs is 1. The second kappa shape index (κ2) is 7.43. The second-order valence-corrected chi connectivity index (χ2v) is 6.68. The van der Waals surface area contributed by atoms with Gasteiger partial charge in [0.2, 0.25) is 5.91 Å². The van der Waals surface area contributed by atoms with Crippen LogP contribution in [-0.4, -0.2) is 23.4 Å². The monoisotopic (exact) mass is 377 g/mol. The third-order valence-electron chi connectivity index (χ3n) is 3.87. The maximum Gasteiger partial charge on any atom is 0.262 e. The Labute approximate surface area is 159 Å². The Bertz CT molecular complexity index is 1030. The molecule has 0 saturated heterocycles. The highest BCUT2D eigenvalue weighted by Crippen LogP contribution is 2.33. The number of hydrogen-bond acceptors (Lipinski definition) is 5. The van der Waals surface area contributed by atoms with Gasteiger partial charge in [0.15, 0.2) is 11.7 Å². The first-order valence-corrected chi connectivity index (χ1v) is 9.12. The zero-order chi connectivity index (χ0) is 18.6. The van der Waals surface area contributed by atoms with Crippen LogP contribution < -0.4 is 15.4 Å². The van der Waals surface area contributed by atoms with Crippen LogP contribution in [0.4, 0.5) is 10.8 Å². The van der Waals surface area contributed by atoms with Crippen LogP contribution >= 0.6 is 11.3 Å². The lowest BCUT2D eigenvalue weighted by Gasteiger charge is -2.18. The van der Waals surface area contributed by atoms with E-state index in [-0.39, 0.29) is 18.4 Å². The number of thiazole rings is 1. The summed E-state index contributed by atoms with van der Waals surface area (Å²) in [6, 6.07) is 15.1. The molecule has 3 aromatic rings. The van der Waals surface area contributed by atoms with Crippen LogP contribution in [0.25, 0.3) is 17.3 Å². The number of carbonyl (C=O) groups excluding carboxylic acids is 2. The highest BCUT2D eigenvalue weighted by Gasteiger charge is 2.17. The van der Waals surface area contributed by atoms with Crippen molar-refractivity contribution in [2.24, 2.45) is 0 Å². The number of rotatable bonds is 4. The van der Waals surface area contributed by atoms with E-state index >= 15 is 0 Å². The average Bonchev–Trinajstić information content (AvgIpc) is 3.15. The van der Waals surface area contributed by atoms with Crippen molar-refractivity contribution in [3.05, 3.63) is 65.6 Å². The smallest absolute Gasteiger partial charge is 0.262 e. The summed E-state index contributed by atoms with van der Waals surface area (Å²) >= 11 is 1.34. The Balaban J connectivity index is 1.46. The number of anilines is 2. The first kappa shape index (κ1) is 17.0. The lowest BCUT2D eigenvalue weighted by molar-refractivity contribution is -0.118. The topological polar surface area (TPSA) is 80.3 Å². The number of benzene rings is 2. The molecule has 0 spiro atoms. The van der Waals surface area contributed by atoms with Gasteiger partial charge < -0.3 is 10.1 Å². The molecule has 0 unspecified atom stereocenters. The molecule has 134 valence electrons. The minimum Gasteiger partial charge on any atom is -0.482 e. The molecule has 27 heavy (non-hydrogen) atoms. The van der Waals surface area contributed by atoms with Crippen LogP contribution in [0.1, 0.15) is 5.56 Å². The maximum atomic E-state index is 12.1. The molecular formula is C20H15N3O3S. The summed E-state index contributed by atoms with van der Waals surface area (Å²) < 4.78 is 5.35. The van der Waals surface area contributed by atoms with Gasteiger partial charge in [-0.05, 0) is 29.8 Å². The van der Waals surface area contributed by atoms with Crippen molar-refractivity contribution in [3.63, 3.8) is 0 Å². The zero-order valence-corrected chi connectivity index (χ0v) is 15.0. The molecular weight excluding hydrogens is 362 g/mol. The largest absolute Gasteiger partial charge is 0.482 e. The van der Waals surface area contributed by atoms with Gasteiger partial charge >= 0.3 is 0 Å². The summed E-state index contributed by atoms with van der Waals surface area (Å²) in [5.74, 6) is 0.204. The lowest BCUT2D eigenvalue weighted by Crippen LogP contribution is -2.25. The van der Waals surface area contributed by atoms with E-state index in [1.54, 1.807) is 12.1 Å². The Morgan fingerprint density at radius 3 is 2.93 bits per heavy atom. The molecule has 0 atom stereocenters. The number of carbonyl (C=O) groups is 2. The third-order valence-corrected chi connectivity index (χ3v) is 4.63. The Hall–Kier alpha value is -3.45. The van der Waals surface area contributed by atoms with Gasteiger partial charge in [0.25, 0.3) is 5.91 Å². The van der Waals surface area contributed by atoms with Gasteiger partial charge in [-0.25, -0.2) is 4.98 Å². The number of amides is 2. The number of hydrogen-bond donors (Lipinski definition) is 2. The van der Waals surface area contributed by atoms with Gasteiger partial charge in [-0.2, -0.15) is 0 Å². The van der Waals surface area contributed by atoms with Crippen molar-refractivity contribution in [3.8, 4) is 17.0 Å². The van der Waals surface area contributed by atoms with Gasteiger partial charge in [-0.15, -0.1) is 11.3 Å². The maximum absolute atomic E-state index is 12.1. The van der Waals surface area contributed by atoms with Crippen LogP contribution in [0, 0.1) is 0 Å². The minimum atomic E-state index is -0.245. The third kappa shape index (κ3) is 4.04.